The van der Waals surface area contributed by atoms with Gasteiger partial charge in [-0.1, -0.05) is 30.4 Å². The Hall–Kier alpha value is -3.59. The number of ether oxygens (including phenoxy) is 1. The summed E-state index contributed by atoms with van der Waals surface area (Å²) >= 11 is 0. The molecular weight excluding hydrogens is 425 g/mol. The van der Waals surface area contributed by atoms with E-state index in [0.717, 1.165) is 11.8 Å². The third kappa shape index (κ3) is 4.78. The maximum atomic E-state index is 14.3. The number of pyridine rings is 1. The van der Waals surface area contributed by atoms with Crippen molar-refractivity contribution in [3.63, 3.8) is 0 Å². The Bertz CT molecular complexity index is 1200. The van der Waals surface area contributed by atoms with Crippen LogP contribution in [0.3, 0.4) is 0 Å². The standard InChI is InChI=1S/C24H26FN5O3/c1-16(31)28(2)18-6-4-5-17(7-8-18)22-15-30(11-12-33-22)24-27-21(13-23(32)29(24)3)19-9-10-26-14-20(19)25/h4-10,13-14,18,22H,11-12,15H2,1-3H3/t18?,22-/m1/s1. The maximum Gasteiger partial charge on any atom is 0.255 e. The van der Waals surface area contributed by atoms with Gasteiger partial charge in [-0.3, -0.25) is 19.1 Å². The highest BCUT2D eigenvalue weighted by atomic mass is 19.1. The van der Waals surface area contributed by atoms with Crippen LogP contribution in [0.15, 0.2) is 65.3 Å². The van der Waals surface area contributed by atoms with Crippen LogP contribution in [0.5, 0.6) is 0 Å². The molecule has 0 spiro atoms. The van der Waals surface area contributed by atoms with Crippen LogP contribution >= 0.6 is 0 Å². The average Bonchev–Trinajstić information content (AvgIpc) is 3.07. The molecule has 1 aliphatic heterocycles. The number of rotatable bonds is 4. The van der Waals surface area contributed by atoms with E-state index < -0.39 is 5.82 Å². The lowest BCUT2D eigenvalue weighted by Gasteiger charge is -2.35. The number of allylic oxidation sites excluding steroid dienone is 2. The highest BCUT2D eigenvalue weighted by molar-refractivity contribution is 5.74. The fraction of sp³-hybridized carbons (Fsp3) is 0.333. The van der Waals surface area contributed by atoms with E-state index in [4.69, 9.17) is 4.74 Å². The summed E-state index contributed by atoms with van der Waals surface area (Å²) in [6.45, 7) is 2.99. The van der Waals surface area contributed by atoms with Crippen LogP contribution in [0.1, 0.15) is 6.92 Å². The van der Waals surface area contributed by atoms with Crippen molar-refractivity contribution in [3.05, 3.63) is 76.7 Å². The van der Waals surface area contributed by atoms with Crippen molar-refractivity contribution in [2.24, 2.45) is 7.05 Å². The quantitative estimate of drug-likeness (QED) is 0.708. The molecule has 0 saturated carbocycles. The van der Waals surface area contributed by atoms with Gasteiger partial charge in [0.15, 0.2) is 5.82 Å². The number of halogens is 1. The van der Waals surface area contributed by atoms with Gasteiger partial charge in [-0.25, -0.2) is 9.37 Å². The van der Waals surface area contributed by atoms with E-state index in [1.165, 1.54) is 29.8 Å². The average molecular weight is 452 g/mol. The molecule has 9 heteroatoms. The van der Waals surface area contributed by atoms with Gasteiger partial charge in [0.25, 0.3) is 5.56 Å². The number of nitrogens with zero attached hydrogens (tertiary/aromatic N) is 5. The molecule has 1 amide bonds. The molecule has 2 aromatic rings. The number of anilines is 1. The second kappa shape index (κ2) is 9.50. The normalized spacial score (nSPS) is 20.4. The van der Waals surface area contributed by atoms with Crippen molar-refractivity contribution in [2.75, 3.05) is 31.6 Å². The zero-order valence-corrected chi connectivity index (χ0v) is 18.8. The third-order valence-electron chi connectivity index (χ3n) is 5.91. The molecule has 0 aromatic carbocycles. The predicted octanol–water partition coefficient (Wildman–Crippen LogP) is 2.09. The molecule has 2 aromatic heterocycles. The van der Waals surface area contributed by atoms with Crippen LogP contribution in [-0.4, -0.2) is 64.2 Å². The van der Waals surface area contributed by atoms with E-state index in [0.29, 0.717) is 25.6 Å². The van der Waals surface area contributed by atoms with E-state index >= 15 is 0 Å². The third-order valence-corrected chi connectivity index (χ3v) is 5.91. The lowest BCUT2D eigenvalue weighted by Crippen LogP contribution is -2.45. The number of hydrogen-bond acceptors (Lipinski definition) is 6. The van der Waals surface area contributed by atoms with E-state index in [1.807, 2.05) is 35.3 Å². The first kappa shape index (κ1) is 22.6. The van der Waals surface area contributed by atoms with Gasteiger partial charge in [-0.05, 0) is 11.6 Å². The molecule has 1 saturated heterocycles. The highest BCUT2D eigenvalue weighted by Gasteiger charge is 2.26. The summed E-state index contributed by atoms with van der Waals surface area (Å²) < 4.78 is 21.7. The molecule has 0 radical (unpaired) electrons. The van der Waals surface area contributed by atoms with Crippen molar-refractivity contribution in [1.29, 1.82) is 0 Å². The number of morpholine rings is 1. The molecular formula is C24H26FN5O3. The fourth-order valence-electron chi connectivity index (χ4n) is 3.86. The zero-order chi connectivity index (χ0) is 23.5. The molecule has 1 unspecified atom stereocenters. The summed E-state index contributed by atoms with van der Waals surface area (Å²) in [5.74, 6) is -0.102. The van der Waals surface area contributed by atoms with Gasteiger partial charge >= 0.3 is 0 Å². The zero-order valence-electron chi connectivity index (χ0n) is 18.8. The van der Waals surface area contributed by atoms with Crippen LogP contribution in [0.2, 0.25) is 0 Å². The minimum atomic E-state index is -0.533. The molecule has 33 heavy (non-hydrogen) atoms. The van der Waals surface area contributed by atoms with Crippen molar-refractivity contribution in [3.8, 4) is 11.3 Å². The fourth-order valence-corrected chi connectivity index (χ4v) is 3.86. The first-order chi connectivity index (χ1) is 15.8. The topological polar surface area (TPSA) is 80.6 Å². The monoisotopic (exact) mass is 451 g/mol. The predicted molar refractivity (Wildman–Crippen MR) is 123 cm³/mol. The Labute approximate surface area is 191 Å². The molecule has 0 N–H and O–H groups in total. The van der Waals surface area contributed by atoms with Crippen molar-refractivity contribution in [2.45, 2.75) is 19.1 Å². The molecule has 8 nitrogen and oxygen atoms in total. The molecule has 0 bridgehead atoms. The second-order valence-electron chi connectivity index (χ2n) is 8.03. The van der Waals surface area contributed by atoms with E-state index in [1.54, 1.807) is 19.0 Å². The number of aromatic nitrogens is 3. The number of carbonyl (C=O) groups excluding carboxylic acids is 1. The number of hydrogen-bond donors (Lipinski definition) is 0. The largest absolute Gasteiger partial charge is 0.370 e. The molecule has 2 atom stereocenters. The lowest BCUT2D eigenvalue weighted by molar-refractivity contribution is -0.128. The molecule has 172 valence electrons. The van der Waals surface area contributed by atoms with Crippen LogP contribution < -0.4 is 10.5 Å². The van der Waals surface area contributed by atoms with Crippen LogP contribution in [0.4, 0.5) is 10.3 Å². The Balaban J connectivity index is 1.60. The SMILES string of the molecule is CC(=O)N(C)C1C=CC=C([C@H]2CN(c3nc(-c4ccncc4F)cc(=O)n3C)CCO2)C=C1. The van der Waals surface area contributed by atoms with Crippen LogP contribution in [0, 0.1) is 5.82 Å². The van der Waals surface area contributed by atoms with Gasteiger partial charge in [0.2, 0.25) is 11.9 Å². The molecule has 4 rings (SSSR count). The maximum absolute atomic E-state index is 14.3. The number of likely N-dealkylation sites (N-methyl/N-ethyl adjacent to an activating group) is 1. The van der Waals surface area contributed by atoms with Gasteiger partial charge in [-0.15, -0.1) is 0 Å². The molecule has 1 fully saturated rings. The summed E-state index contributed by atoms with van der Waals surface area (Å²) in [5.41, 5.74) is 1.18. The second-order valence-corrected chi connectivity index (χ2v) is 8.03. The van der Waals surface area contributed by atoms with Crippen molar-refractivity contribution >= 4 is 11.9 Å². The Morgan fingerprint density at radius 3 is 2.91 bits per heavy atom. The van der Waals surface area contributed by atoms with Gasteiger partial charge in [0.05, 0.1) is 31.1 Å². The number of carbonyl (C=O) groups is 1. The number of amides is 1. The molecule has 2 aliphatic rings. The van der Waals surface area contributed by atoms with E-state index in [-0.39, 0.29) is 34.9 Å². The Morgan fingerprint density at radius 2 is 2.15 bits per heavy atom. The van der Waals surface area contributed by atoms with Crippen molar-refractivity contribution in [1.82, 2.24) is 19.4 Å². The Morgan fingerprint density at radius 1 is 1.33 bits per heavy atom. The summed E-state index contributed by atoms with van der Waals surface area (Å²) in [5, 5.41) is 0. The summed E-state index contributed by atoms with van der Waals surface area (Å²) in [6.07, 6.45) is 12.1. The summed E-state index contributed by atoms with van der Waals surface area (Å²) in [7, 11) is 3.41. The summed E-state index contributed by atoms with van der Waals surface area (Å²) in [4.78, 5) is 36.3. The minimum Gasteiger partial charge on any atom is -0.370 e. The van der Waals surface area contributed by atoms with E-state index in [9.17, 15) is 14.0 Å². The van der Waals surface area contributed by atoms with Gasteiger partial charge in [-0.2, -0.15) is 0 Å². The van der Waals surface area contributed by atoms with Crippen LogP contribution in [0.25, 0.3) is 11.3 Å². The van der Waals surface area contributed by atoms with Gasteiger partial charge in [0.1, 0.15) is 6.10 Å². The van der Waals surface area contributed by atoms with Gasteiger partial charge < -0.3 is 14.5 Å². The first-order valence-electron chi connectivity index (χ1n) is 10.7. The molecule has 1 aliphatic carbocycles. The van der Waals surface area contributed by atoms with Crippen molar-refractivity contribution < 1.29 is 13.9 Å². The molecule has 3 heterocycles. The lowest BCUT2D eigenvalue weighted by atomic mass is 10.1. The first-order valence-corrected chi connectivity index (χ1v) is 10.7. The van der Waals surface area contributed by atoms with E-state index in [2.05, 4.69) is 9.97 Å². The van der Waals surface area contributed by atoms with Gasteiger partial charge in [0, 0.05) is 45.4 Å². The minimum absolute atomic E-state index is 0.0182. The Kier molecular flexibility index (Phi) is 6.50. The smallest absolute Gasteiger partial charge is 0.255 e. The summed E-state index contributed by atoms with van der Waals surface area (Å²) in [6, 6.07) is 2.70. The highest BCUT2D eigenvalue weighted by Crippen LogP contribution is 2.24. The van der Waals surface area contributed by atoms with Crippen LogP contribution in [-0.2, 0) is 16.6 Å².